The molecule has 0 radical (unpaired) electrons. The second-order valence-electron chi connectivity index (χ2n) is 5.00. The first-order valence-corrected chi connectivity index (χ1v) is 8.63. The topological polar surface area (TPSA) is 117 Å². The molecule has 0 spiro atoms. The van der Waals surface area contributed by atoms with E-state index in [0.29, 0.717) is 25.8 Å². The van der Waals surface area contributed by atoms with Crippen LogP contribution < -0.4 is 5.32 Å². The third kappa shape index (κ3) is 6.74. The Morgan fingerprint density at radius 2 is 2.04 bits per heavy atom. The molecule has 0 fully saturated rings. The van der Waals surface area contributed by atoms with Gasteiger partial charge < -0.3 is 10.4 Å². The molecule has 23 heavy (non-hydrogen) atoms. The molecule has 0 aliphatic carbocycles. The molecule has 1 aromatic rings. The number of hydrogen-bond acceptors (Lipinski definition) is 5. The molecule has 0 saturated heterocycles. The first-order valence-electron chi connectivity index (χ1n) is 7.19. The van der Waals surface area contributed by atoms with Gasteiger partial charge in [0.15, 0.2) is 0 Å². The van der Waals surface area contributed by atoms with E-state index in [-0.39, 0.29) is 17.9 Å². The average molecular weight is 343 g/mol. The van der Waals surface area contributed by atoms with E-state index in [1.165, 1.54) is 31.6 Å². The van der Waals surface area contributed by atoms with E-state index in [0.717, 1.165) is 4.31 Å². The molecular weight excluding hydrogens is 322 g/mol. The number of rotatable bonds is 10. The van der Waals surface area contributed by atoms with Crippen LogP contribution in [0.5, 0.6) is 0 Å². The molecule has 0 atom stereocenters. The summed E-state index contributed by atoms with van der Waals surface area (Å²) in [5.41, 5.74) is 0. The van der Waals surface area contributed by atoms with Crippen molar-refractivity contribution in [2.45, 2.75) is 30.6 Å². The lowest BCUT2D eigenvalue weighted by Crippen LogP contribution is -2.38. The highest BCUT2D eigenvalue weighted by atomic mass is 32.2. The molecule has 0 aromatic carbocycles. The highest BCUT2D eigenvalue weighted by Crippen LogP contribution is 2.11. The fraction of sp³-hybridized carbons (Fsp3) is 0.500. The standard InChI is InChI=1S/C14H21N3O5S/c1-17(23(21,22)12-6-5-8-15-10-12)11-13(18)16-9-4-2-3-7-14(19)20/h5-6,8,10H,2-4,7,9,11H2,1H3,(H,16,18)(H,19,20). The van der Waals surface area contributed by atoms with Crippen LogP contribution in [0.15, 0.2) is 29.4 Å². The molecule has 0 aliphatic rings. The van der Waals surface area contributed by atoms with Gasteiger partial charge in [-0.3, -0.25) is 14.6 Å². The van der Waals surface area contributed by atoms with Crippen LogP contribution in [0.4, 0.5) is 0 Å². The Bertz CT molecular complexity index is 619. The number of unbranched alkanes of at least 4 members (excludes halogenated alkanes) is 2. The molecule has 8 nitrogen and oxygen atoms in total. The number of carbonyl (C=O) groups is 2. The Hall–Kier alpha value is -2.00. The molecular formula is C14H21N3O5S. The van der Waals surface area contributed by atoms with Gasteiger partial charge in [-0.05, 0) is 25.0 Å². The Kier molecular flexibility index (Phi) is 7.63. The predicted molar refractivity (Wildman–Crippen MR) is 83.2 cm³/mol. The first-order chi connectivity index (χ1) is 10.8. The summed E-state index contributed by atoms with van der Waals surface area (Å²) in [7, 11) is -2.41. The molecule has 0 saturated carbocycles. The van der Waals surface area contributed by atoms with Crippen molar-refractivity contribution in [2.75, 3.05) is 20.1 Å². The minimum absolute atomic E-state index is 0.0315. The number of hydrogen-bond donors (Lipinski definition) is 2. The number of carboxylic acids is 1. The van der Waals surface area contributed by atoms with Gasteiger partial charge >= 0.3 is 5.97 Å². The predicted octanol–water partition coefficient (Wildman–Crippen LogP) is 0.463. The van der Waals surface area contributed by atoms with Crippen molar-refractivity contribution in [3.63, 3.8) is 0 Å². The minimum atomic E-state index is -3.74. The Balaban J connectivity index is 2.35. The van der Waals surface area contributed by atoms with Gasteiger partial charge in [-0.15, -0.1) is 0 Å². The summed E-state index contributed by atoms with van der Waals surface area (Å²) in [6.45, 7) is 0.103. The molecule has 0 aliphatic heterocycles. The van der Waals surface area contributed by atoms with Gasteiger partial charge in [0, 0.05) is 32.4 Å². The Morgan fingerprint density at radius 1 is 1.30 bits per heavy atom. The molecule has 128 valence electrons. The average Bonchev–Trinajstić information content (AvgIpc) is 2.51. The van der Waals surface area contributed by atoms with Crippen LogP contribution in [0.2, 0.25) is 0 Å². The van der Waals surface area contributed by atoms with Gasteiger partial charge in [-0.1, -0.05) is 6.42 Å². The zero-order chi connectivity index (χ0) is 17.3. The van der Waals surface area contributed by atoms with Gasteiger partial charge in [0.05, 0.1) is 6.54 Å². The number of aliphatic carboxylic acids is 1. The van der Waals surface area contributed by atoms with E-state index in [2.05, 4.69) is 10.3 Å². The van der Waals surface area contributed by atoms with Crippen LogP contribution in [0.3, 0.4) is 0 Å². The SMILES string of the molecule is CN(CC(=O)NCCCCCC(=O)O)S(=O)(=O)c1cccnc1. The van der Waals surface area contributed by atoms with E-state index < -0.39 is 21.9 Å². The van der Waals surface area contributed by atoms with Gasteiger partial charge in [0.25, 0.3) is 0 Å². The first kappa shape index (κ1) is 19.0. The van der Waals surface area contributed by atoms with Crippen molar-refractivity contribution in [2.24, 2.45) is 0 Å². The van der Waals surface area contributed by atoms with Crippen LogP contribution in [0.1, 0.15) is 25.7 Å². The molecule has 2 N–H and O–H groups in total. The molecule has 0 unspecified atom stereocenters. The van der Waals surface area contributed by atoms with Gasteiger partial charge in [0.2, 0.25) is 15.9 Å². The smallest absolute Gasteiger partial charge is 0.303 e. The number of carboxylic acid groups (broad SMARTS) is 1. The van der Waals surface area contributed by atoms with E-state index in [1.807, 2.05) is 0 Å². The summed E-state index contributed by atoms with van der Waals surface area (Å²) >= 11 is 0. The van der Waals surface area contributed by atoms with E-state index in [1.54, 1.807) is 0 Å². The third-order valence-corrected chi connectivity index (χ3v) is 4.89. The second-order valence-corrected chi connectivity index (χ2v) is 7.05. The van der Waals surface area contributed by atoms with Gasteiger partial charge in [0.1, 0.15) is 4.90 Å². The molecule has 9 heteroatoms. The largest absolute Gasteiger partial charge is 0.481 e. The fourth-order valence-electron chi connectivity index (χ4n) is 1.83. The van der Waals surface area contributed by atoms with E-state index >= 15 is 0 Å². The van der Waals surface area contributed by atoms with Crippen molar-refractivity contribution in [1.82, 2.24) is 14.6 Å². The number of aromatic nitrogens is 1. The van der Waals surface area contributed by atoms with E-state index in [4.69, 9.17) is 5.11 Å². The fourth-order valence-corrected chi connectivity index (χ4v) is 2.92. The highest BCUT2D eigenvalue weighted by Gasteiger charge is 2.22. The summed E-state index contributed by atoms with van der Waals surface area (Å²) in [6, 6.07) is 2.93. The number of nitrogens with one attached hydrogen (secondary N) is 1. The summed E-state index contributed by atoms with van der Waals surface area (Å²) in [5, 5.41) is 11.1. The maximum Gasteiger partial charge on any atom is 0.303 e. The van der Waals surface area contributed by atoms with Crippen LogP contribution in [-0.2, 0) is 19.6 Å². The lowest BCUT2D eigenvalue weighted by molar-refractivity contribution is -0.137. The molecule has 1 heterocycles. The number of nitrogens with zero attached hydrogens (tertiary/aromatic N) is 2. The van der Waals surface area contributed by atoms with Crippen molar-refractivity contribution in [3.05, 3.63) is 24.5 Å². The zero-order valence-electron chi connectivity index (χ0n) is 12.9. The van der Waals surface area contributed by atoms with Crippen molar-refractivity contribution in [1.29, 1.82) is 0 Å². The number of pyridine rings is 1. The van der Waals surface area contributed by atoms with E-state index in [9.17, 15) is 18.0 Å². The second kappa shape index (κ2) is 9.21. The van der Waals surface area contributed by atoms with Gasteiger partial charge in [-0.2, -0.15) is 4.31 Å². The monoisotopic (exact) mass is 343 g/mol. The highest BCUT2D eigenvalue weighted by molar-refractivity contribution is 7.89. The van der Waals surface area contributed by atoms with Crippen molar-refractivity contribution in [3.8, 4) is 0 Å². The van der Waals surface area contributed by atoms with Crippen molar-refractivity contribution < 1.29 is 23.1 Å². The molecule has 1 aromatic heterocycles. The maximum atomic E-state index is 12.2. The molecule has 1 rings (SSSR count). The Labute approximate surface area is 135 Å². The summed E-state index contributed by atoms with van der Waals surface area (Å²) in [6.07, 6.45) is 4.71. The van der Waals surface area contributed by atoms with Crippen LogP contribution in [-0.4, -0.2) is 54.8 Å². The third-order valence-electron chi connectivity index (χ3n) is 3.10. The van der Waals surface area contributed by atoms with Crippen LogP contribution >= 0.6 is 0 Å². The van der Waals surface area contributed by atoms with Crippen LogP contribution in [0.25, 0.3) is 0 Å². The summed E-state index contributed by atoms with van der Waals surface area (Å²) < 4.78 is 25.4. The number of sulfonamides is 1. The maximum absolute atomic E-state index is 12.2. The summed E-state index contributed by atoms with van der Waals surface area (Å²) in [4.78, 5) is 25.9. The number of carbonyl (C=O) groups excluding carboxylic acids is 1. The number of amides is 1. The lowest BCUT2D eigenvalue weighted by atomic mass is 10.2. The molecule has 1 amide bonds. The van der Waals surface area contributed by atoms with Gasteiger partial charge in [-0.25, -0.2) is 8.42 Å². The minimum Gasteiger partial charge on any atom is -0.481 e. The Morgan fingerprint density at radius 3 is 2.65 bits per heavy atom. The van der Waals surface area contributed by atoms with Crippen LogP contribution in [0, 0.1) is 0 Å². The normalized spacial score (nSPS) is 11.4. The van der Waals surface area contributed by atoms with Crippen molar-refractivity contribution >= 4 is 21.9 Å². The number of likely N-dealkylation sites (N-methyl/N-ethyl adjacent to an activating group) is 1. The zero-order valence-corrected chi connectivity index (χ0v) is 13.8. The quantitative estimate of drug-likeness (QED) is 0.596. The summed E-state index contributed by atoms with van der Waals surface area (Å²) in [5.74, 6) is -1.24. The molecule has 0 bridgehead atoms. The lowest BCUT2D eigenvalue weighted by Gasteiger charge is -2.16.